The molecule has 1 fully saturated rings. The van der Waals surface area contributed by atoms with Gasteiger partial charge in [0.2, 0.25) is 15.9 Å². The lowest BCUT2D eigenvalue weighted by molar-refractivity contribution is -0.117. The minimum Gasteiger partial charge on any atom is -0.346 e. The summed E-state index contributed by atoms with van der Waals surface area (Å²) < 4.78 is 27.1. The Morgan fingerprint density at radius 3 is 2.43 bits per heavy atom. The molecule has 2 aromatic rings. The van der Waals surface area contributed by atoms with Gasteiger partial charge in [-0.3, -0.25) is 4.79 Å². The first kappa shape index (κ1) is 20.8. The Bertz CT molecular complexity index is 1070. The van der Waals surface area contributed by atoms with Crippen LogP contribution in [-0.4, -0.2) is 20.4 Å². The first-order valence-corrected chi connectivity index (χ1v) is 11.9. The van der Waals surface area contributed by atoms with E-state index < -0.39 is 10.0 Å². The van der Waals surface area contributed by atoms with Gasteiger partial charge < -0.3 is 5.32 Å². The zero-order valence-electron chi connectivity index (χ0n) is 17.4. The van der Waals surface area contributed by atoms with Crippen LogP contribution in [0.2, 0.25) is 0 Å². The summed E-state index contributed by atoms with van der Waals surface area (Å²) in [6.07, 6.45) is 6.94. The summed E-state index contributed by atoms with van der Waals surface area (Å²) in [6, 6.07) is 15.0. The van der Waals surface area contributed by atoms with E-state index >= 15 is 0 Å². The second kappa shape index (κ2) is 8.00. The second-order valence-corrected chi connectivity index (χ2v) is 10.6. The van der Waals surface area contributed by atoms with Crippen LogP contribution in [0.3, 0.4) is 0 Å². The zero-order valence-corrected chi connectivity index (χ0v) is 18.2. The molecule has 2 aliphatic carbocycles. The molecule has 0 spiro atoms. The molecule has 1 atom stereocenters. The standard InChI is InChI=1S/C24H28N2O3S/c1-24(2)16-15-22(20-5-3-4-6-21(20)24)25-23(27)14-9-17-7-12-19(13-8-17)30(28,29)26-18-10-11-18/h3-9,12-14,18,22,26H,10-11,15-16H2,1-2H3,(H,25,27)/b14-9+. The molecule has 2 aromatic carbocycles. The van der Waals surface area contributed by atoms with Gasteiger partial charge in [0.15, 0.2) is 0 Å². The molecule has 2 aliphatic rings. The molecule has 0 heterocycles. The van der Waals surface area contributed by atoms with Crippen LogP contribution < -0.4 is 10.0 Å². The zero-order chi connectivity index (χ0) is 21.4. The second-order valence-electron chi connectivity index (χ2n) is 8.87. The Kier molecular flexibility index (Phi) is 5.55. The Morgan fingerprint density at radius 1 is 1.03 bits per heavy atom. The molecule has 4 rings (SSSR count). The molecule has 0 radical (unpaired) electrons. The summed E-state index contributed by atoms with van der Waals surface area (Å²) in [5.41, 5.74) is 3.38. The number of hydrogen-bond donors (Lipinski definition) is 2. The average molecular weight is 425 g/mol. The van der Waals surface area contributed by atoms with Gasteiger partial charge in [-0.2, -0.15) is 0 Å². The van der Waals surface area contributed by atoms with Gasteiger partial charge in [0, 0.05) is 12.1 Å². The number of nitrogens with one attached hydrogen (secondary N) is 2. The molecule has 5 nitrogen and oxygen atoms in total. The smallest absolute Gasteiger partial charge is 0.244 e. The van der Waals surface area contributed by atoms with Gasteiger partial charge in [0.05, 0.1) is 10.9 Å². The maximum Gasteiger partial charge on any atom is 0.244 e. The highest BCUT2D eigenvalue weighted by molar-refractivity contribution is 7.89. The van der Waals surface area contributed by atoms with E-state index in [4.69, 9.17) is 0 Å². The molecular weight excluding hydrogens is 396 g/mol. The number of carbonyl (C=O) groups excluding carboxylic acids is 1. The van der Waals surface area contributed by atoms with E-state index in [2.05, 4.69) is 42.1 Å². The van der Waals surface area contributed by atoms with Crippen LogP contribution >= 0.6 is 0 Å². The van der Waals surface area contributed by atoms with Crippen LogP contribution in [0.1, 0.15) is 62.3 Å². The Morgan fingerprint density at radius 2 is 1.73 bits per heavy atom. The maximum absolute atomic E-state index is 12.5. The lowest BCUT2D eigenvalue weighted by atomic mass is 9.71. The SMILES string of the molecule is CC1(C)CCC(NC(=O)/C=C/c2ccc(S(=O)(=O)NC3CC3)cc2)c2ccccc21. The summed E-state index contributed by atoms with van der Waals surface area (Å²) in [5, 5.41) is 3.12. The van der Waals surface area contributed by atoms with Crippen molar-refractivity contribution in [3.63, 3.8) is 0 Å². The van der Waals surface area contributed by atoms with Crippen molar-refractivity contribution < 1.29 is 13.2 Å². The molecule has 6 heteroatoms. The highest BCUT2D eigenvalue weighted by Crippen LogP contribution is 2.41. The number of hydrogen-bond acceptors (Lipinski definition) is 3. The first-order chi connectivity index (χ1) is 14.2. The molecule has 0 aromatic heterocycles. The molecule has 158 valence electrons. The third-order valence-electron chi connectivity index (χ3n) is 5.96. The van der Waals surface area contributed by atoms with Crippen molar-refractivity contribution in [2.75, 3.05) is 0 Å². The monoisotopic (exact) mass is 424 g/mol. The number of benzene rings is 2. The van der Waals surface area contributed by atoms with E-state index in [0.29, 0.717) is 0 Å². The molecule has 2 N–H and O–H groups in total. The van der Waals surface area contributed by atoms with Gasteiger partial charge in [-0.1, -0.05) is 50.2 Å². The minimum absolute atomic E-state index is 0.00684. The minimum atomic E-state index is -3.46. The van der Waals surface area contributed by atoms with Crippen molar-refractivity contribution in [2.24, 2.45) is 0 Å². The highest BCUT2D eigenvalue weighted by Gasteiger charge is 2.32. The molecule has 0 aliphatic heterocycles. The van der Waals surface area contributed by atoms with E-state index in [1.54, 1.807) is 30.3 Å². The van der Waals surface area contributed by atoms with Crippen LogP contribution in [0.5, 0.6) is 0 Å². The van der Waals surface area contributed by atoms with Crippen LogP contribution in [-0.2, 0) is 20.2 Å². The number of sulfonamides is 1. The molecule has 0 bridgehead atoms. The molecule has 1 unspecified atom stereocenters. The van der Waals surface area contributed by atoms with E-state index in [9.17, 15) is 13.2 Å². The van der Waals surface area contributed by atoms with E-state index in [1.165, 1.54) is 17.2 Å². The normalized spacial score (nSPS) is 20.7. The van der Waals surface area contributed by atoms with Gasteiger partial charge in [-0.15, -0.1) is 0 Å². The predicted molar refractivity (Wildman–Crippen MR) is 118 cm³/mol. The number of amides is 1. The summed E-state index contributed by atoms with van der Waals surface area (Å²) in [7, 11) is -3.46. The van der Waals surface area contributed by atoms with Crippen LogP contribution in [0.15, 0.2) is 59.5 Å². The summed E-state index contributed by atoms with van der Waals surface area (Å²) in [4.78, 5) is 12.8. The lowest BCUT2D eigenvalue weighted by Crippen LogP contribution is -2.34. The fourth-order valence-electron chi connectivity index (χ4n) is 4.00. The van der Waals surface area contributed by atoms with Crippen LogP contribution in [0, 0.1) is 0 Å². The van der Waals surface area contributed by atoms with Crippen molar-refractivity contribution in [3.05, 3.63) is 71.3 Å². The van der Waals surface area contributed by atoms with Gasteiger partial charge >= 0.3 is 0 Å². The van der Waals surface area contributed by atoms with Crippen molar-refractivity contribution in [3.8, 4) is 0 Å². The summed E-state index contributed by atoms with van der Waals surface area (Å²) in [6.45, 7) is 4.49. The molecule has 1 amide bonds. The third-order valence-corrected chi connectivity index (χ3v) is 7.49. The summed E-state index contributed by atoms with van der Waals surface area (Å²) >= 11 is 0. The Labute approximate surface area is 178 Å². The lowest BCUT2D eigenvalue weighted by Gasteiger charge is -2.37. The molecule has 1 saturated carbocycles. The van der Waals surface area contributed by atoms with E-state index in [1.807, 2.05) is 6.07 Å². The van der Waals surface area contributed by atoms with Crippen molar-refractivity contribution in [1.82, 2.24) is 10.0 Å². The predicted octanol–water partition coefficient (Wildman–Crippen LogP) is 4.07. The first-order valence-electron chi connectivity index (χ1n) is 10.4. The van der Waals surface area contributed by atoms with Crippen molar-refractivity contribution in [2.45, 2.75) is 61.9 Å². The van der Waals surface area contributed by atoms with Gasteiger partial charge in [0.25, 0.3) is 0 Å². The van der Waals surface area contributed by atoms with Gasteiger partial charge in [0.1, 0.15) is 0 Å². The van der Waals surface area contributed by atoms with Crippen LogP contribution in [0.4, 0.5) is 0 Å². The molecule has 30 heavy (non-hydrogen) atoms. The molecule has 0 saturated heterocycles. The van der Waals surface area contributed by atoms with Crippen LogP contribution in [0.25, 0.3) is 6.08 Å². The molecular formula is C24H28N2O3S. The van der Waals surface area contributed by atoms with E-state index in [-0.39, 0.29) is 28.3 Å². The largest absolute Gasteiger partial charge is 0.346 e. The number of rotatable bonds is 6. The third kappa shape index (κ3) is 4.65. The van der Waals surface area contributed by atoms with E-state index in [0.717, 1.165) is 31.2 Å². The number of fused-ring (bicyclic) bond motifs is 1. The van der Waals surface area contributed by atoms with Gasteiger partial charge in [-0.25, -0.2) is 13.1 Å². The maximum atomic E-state index is 12.5. The van der Waals surface area contributed by atoms with Gasteiger partial charge in [-0.05, 0) is 66.0 Å². The topological polar surface area (TPSA) is 75.3 Å². The highest BCUT2D eigenvalue weighted by atomic mass is 32.2. The fourth-order valence-corrected chi connectivity index (χ4v) is 5.31. The fraction of sp³-hybridized carbons (Fsp3) is 0.375. The number of carbonyl (C=O) groups is 1. The summed E-state index contributed by atoms with van der Waals surface area (Å²) in [5.74, 6) is -0.151. The van der Waals surface area contributed by atoms with Crippen molar-refractivity contribution >= 4 is 22.0 Å². The quantitative estimate of drug-likeness (QED) is 0.687. The van der Waals surface area contributed by atoms with Crippen molar-refractivity contribution in [1.29, 1.82) is 0 Å². The Hall–Kier alpha value is -2.44. The average Bonchev–Trinajstić information content (AvgIpc) is 3.52. The Balaban J connectivity index is 1.41.